The minimum atomic E-state index is -0.308. The summed E-state index contributed by atoms with van der Waals surface area (Å²) in [5, 5.41) is 3.45. The lowest BCUT2D eigenvalue weighted by Gasteiger charge is -2.26. The lowest BCUT2D eigenvalue weighted by Crippen LogP contribution is -2.44. The van der Waals surface area contributed by atoms with Crippen molar-refractivity contribution in [1.29, 1.82) is 0 Å². The van der Waals surface area contributed by atoms with Gasteiger partial charge in [0.1, 0.15) is 6.61 Å². The molecular weight excluding hydrogens is 276 g/mol. The maximum absolute atomic E-state index is 12.0. The van der Waals surface area contributed by atoms with Gasteiger partial charge >= 0.3 is 5.97 Å². The van der Waals surface area contributed by atoms with Crippen molar-refractivity contribution in [2.45, 2.75) is 58.4 Å². The molecule has 1 aromatic rings. The zero-order chi connectivity index (χ0) is 16.4. The van der Waals surface area contributed by atoms with E-state index in [0.717, 1.165) is 13.0 Å². The second-order valence-corrected chi connectivity index (χ2v) is 6.42. The number of unbranched alkanes of at least 4 members (excludes halogenated alkanes) is 4. The third kappa shape index (κ3) is 7.46. The summed E-state index contributed by atoms with van der Waals surface area (Å²) in [6.07, 6.45) is 6.28. The van der Waals surface area contributed by atoms with Gasteiger partial charge in [-0.3, -0.25) is 0 Å². The van der Waals surface area contributed by atoms with Gasteiger partial charge in [-0.25, -0.2) is 4.79 Å². The van der Waals surface area contributed by atoms with Crippen LogP contribution in [0.4, 0.5) is 5.69 Å². The van der Waals surface area contributed by atoms with E-state index in [-0.39, 0.29) is 11.5 Å². The molecule has 0 heterocycles. The molecule has 0 saturated heterocycles. The van der Waals surface area contributed by atoms with E-state index in [9.17, 15) is 4.79 Å². The predicted molar refractivity (Wildman–Crippen MR) is 92.0 cm³/mol. The highest BCUT2D eigenvalue weighted by atomic mass is 16.5. The monoisotopic (exact) mass is 306 g/mol. The van der Waals surface area contributed by atoms with Crippen molar-refractivity contribution in [3.05, 3.63) is 29.8 Å². The lowest BCUT2D eigenvalue weighted by molar-refractivity contribution is 0.0400. The van der Waals surface area contributed by atoms with E-state index in [0.29, 0.717) is 17.9 Å². The molecule has 0 aliphatic rings. The molecule has 4 nitrogen and oxygen atoms in total. The number of carbonyl (C=O) groups is 1. The Morgan fingerprint density at radius 2 is 1.77 bits per heavy atom. The van der Waals surface area contributed by atoms with Gasteiger partial charge < -0.3 is 15.8 Å². The van der Waals surface area contributed by atoms with Gasteiger partial charge in [0.25, 0.3) is 0 Å². The summed E-state index contributed by atoms with van der Waals surface area (Å²) in [6.45, 7) is 7.63. The van der Waals surface area contributed by atoms with Crippen molar-refractivity contribution >= 4 is 11.7 Å². The van der Waals surface area contributed by atoms with Crippen LogP contribution in [0.1, 0.15) is 63.2 Å². The number of nitrogens with two attached hydrogens (primary N) is 1. The minimum Gasteiger partial charge on any atom is -0.460 e. The van der Waals surface area contributed by atoms with E-state index < -0.39 is 0 Å². The number of nitrogens with one attached hydrogen (secondary N) is 1. The summed E-state index contributed by atoms with van der Waals surface area (Å²) >= 11 is 0. The Morgan fingerprint density at radius 1 is 1.14 bits per heavy atom. The average molecular weight is 306 g/mol. The molecule has 0 unspecified atom stereocenters. The van der Waals surface area contributed by atoms with Crippen LogP contribution in [0.15, 0.2) is 24.3 Å². The van der Waals surface area contributed by atoms with Gasteiger partial charge in [-0.05, 0) is 51.1 Å². The van der Waals surface area contributed by atoms with Gasteiger partial charge in [0.05, 0.1) is 5.56 Å². The van der Waals surface area contributed by atoms with Crippen molar-refractivity contribution in [3.63, 3.8) is 0 Å². The molecule has 0 aliphatic carbocycles. The number of hydrogen-bond donors (Lipinski definition) is 2. The topological polar surface area (TPSA) is 64.3 Å². The molecule has 0 spiro atoms. The van der Waals surface area contributed by atoms with E-state index in [2.05, 4.69) is 26.1 Å². The van der Waals surface area contributed by atoms with Gasteiger partial charge in [0.15, 0.2) is 0 Å². The molecule has 22 heavy (non-hydrogen) atoms. The van der Waals surface area contributed by atoms with Crippen LogP contribution in [-0.2, 0) is 4.74 Å². The number of carbonyl (C=O) groups excluding carboxylic acids is 1. The van der Waals surface area contributed by atoms with Gasteiger partial charge in [-0.15, -0.1) is 0 Å². The predicted octanol–water partition coefficient (Wildman–Crippen LogP) is 3.76. The van der Waals surface area contributed by atoms with Crippen LogP contribution in [0.2, 0.25) is 0 Å². The van der Waals surface area contributed by atoms with Crippen molar-refractivity contribution in [2.75, 3.05) is 18.9 Å². The molecule has 0 aliphatic heterocycles. The molecule has 0 atom stereocenters. The summed E-state index contributed by atoms with van der Waals surface area (Å²) in [4.78, 5) is 12.0. The highest BCUT2D eigenvalue weighted by Gasteiger charge is 2.19. The van der Waals surface area contributed by atoms with Gasteiger partial charge in [-0.2, -0.15) is 0 Å². The van der Waals surface area contributed by atoms with Crippen molar-refractivity contribution in [3.8, 4) is 0 Å². The Kier molecular flexibility index (Phi) is 7.96. The number of rotatable bonds is 10. The van der Waals surface area contributed by atoms with E-state index >= 15 is 0 Å². The molecule has 124 valence electrons. The normalized spacial score (nSPS) is 11.4. The highest BCUT2D eigenvalue weighted by molar-refractivity contribution is 5.89. The van der Waals surface area contributed by atoms with Gasteiger partial charge in [0, 0.05) is 11.2 Å². The summed E-state index contributed by atoms with van der Waals surface area (Å²) in [6, 6.07) is 6.78. The lowest BCUT2D eigenvalue weighted by atomic mass is 10.1. The van der Waals surface area contributed by atoms with Crippen molar-refractivity contribution in [2.24, 2.45) is 0 Å². The first-order valence-electron chi connectivity index (χ1n) is 8.22. The SMILES string of the molecule is CCCCCCCNC(C)(C)COC(=O)c1ccc(N)cc1. The first kappa shape index (κ1) is 18.5. The van der Waals surface area contributed by atoms with Crippen LogP contribution in [0.5, 0.6) is 0 Å². The Bertz CT molecular complexity index is 441. The molecule has 0 aromatic heterocycles. The van der Waals surface area contributed by atoms with Crippen LogP contribution < -0.4 is 11.1 Å². The first-order valence-corrected chi connectivity index (χ1v) is 8.22. The van der Waals surface area contributed by atoms with Crippen LogP contribution >= 0.6 is 0 Å². The minimum absolute atomic E-state index is 0.214. The number of benzene rings is 1. The zero-order valence-corrected chi connectivity index (χ0v) is 14.2. The molecule has 0 saturated carbocycles. The molecule has 3 N–H and O–H groups in total. The first-order chi connectivity index (χ1) is 10.4. The maximum atomic E-state index is 12.0. The molecule has 0 fully saturated rings. The average Bonchev–Trinajstić information content (AvgIpc) is 2.49. The standard InChI is InChI=1S/C18H30N2O2/c1-4-5-6-7-8-13-20-18(2,3)14-22-17(21)15-9-11-16(19)12-10-15/h9-12,20H,4-8,13-14,19H2,1-3H3. The second kappa shape index (κ2) is 9.46. The number of nitrogen functional groups attached to an aromatic ring is 1. The van der Waals surface area contributed by atoms with Crippen LogP contribution in [0.3, 0.4) is 0 Å². The summed E-state index contributed by atoms with van der Waals surface area (Å²) < 4.78 is 5.39. The van der Waals surface area contributed by atoms with E-state index in [1.54, 1.807) is 24.3 Å². The second-order valence-electron chi connectivity index (χ2n) is 6.42. The van der Waals surface area contributed by atoms with Crippen molar-refractivity contribution < 1.29 is 9.53 Å². The van der Waals surface area contributed by atoms with E-state index in [1.165, 1.54) is 25.7 Å². The summed E-state index contributed by atoms with van der Waals surface area (Å²) in [7, 11) is 0. The zero-order valence-electron chi connectivity index (χ0n) is 14.2. The molecule has 1 aromatic carbocycles. The number of hydrogen-bond acceptors (Lipinski definition) is 4. The molecule has 4 heteroatoms. The number of anilines is 1. The Labute approximate surface area is 134 Å². The van der Waals surface area contributed by atoms with Crippen LogP contribution in [0.25, 0.3) is 0 Å². The third-order valence-electron chi connectivity index (χ3n) is 3.59. The molecule has 0 amide bonds. The third-order valence-corrected chi connectivity index (χ3v) is 3.59. The molecular formula is C18H30N2O2. The summed E-state index contributed by atoms with van der Waals surface area (Å²) in [5.74, 6) is -0.308. The Hall–Kier alpha value is -1.55. The fourth-order valence-corrected chi connectivity index (χ4v) is 2.15. The maximum Gasteiger partial charge on any atom is 0.338 e. The fourth-order valence-electron chi connectivity index (χ4n) is 2.15. The highest BCUT2D eigenvalue weighted by Crippen LogP contribution is 2.10. The van der Waals surface area contributed by atoms with Crippen LogP contribution in [0, 0.1) is 0 Å². The Balaban J connectivity index is 2.26. The van der Waals surface area contributed by atoms with Gasteiger partial charge in [-0.1, -0.05) is 32.6 Å². The van der Waals surface area contributed by atoms with Crippen molar-refractivity contribution in [1.82, 2.24) is 5.32 Å². The number of ether oxygens (including phenoxy) is 1. The van der Waals surface area contributed by atoms with Crippen LogP contribution in [-0.4, -0.2) is 24.7 Å². The van der Waals surface area contributed by atoms with E-state index in [4.69, 9.17) is 10.5 Å². The molecule has 0 bridgehead atoms. The van der Waals surface area contributed by atoms with Gasteiger partial charge in [0.2, 0.25) is 0 Å². The van der Waals surface area contributed by atoms with E-state index in [1.807, 2.05) is 0 Å². The quantitative estimate of drug-likeness (QED) is 0.392. The number of esters is 1. The molecule has 0 radical (unpaired) electrons. The fraction of sp³-hybridized carbons (Fsp3) is 0.611. The smallest absolute Gasteiger partial charge is 0.338 e. The molecule has 1 rings (SSSR count). The largest absolute Gasteiger partial charge is 0.460 e. The summed E-state index contributed by atoms with van der Waals surface area (Å²) in [5.41, 5.74) is 6.56. The Morgan fingerprint density at radius 3 is 2.41 bits per heavy atom.